The Hall–Kier alpha value is -1.36. The van der Waals surface area contributed by atoms with E-state index in [0.717, 1.165) is 17.8 Å². The van der Waals surface area contributed by atoms with Crippen molar-refractivity contribution in [3.05, 3.63) is 51.8 Å². The molecule has 2 aromatic rings. The number of hydrogen-bond acceptors (Lipinski definition) is 3. The molecule has 1 aromatic heterocycles. The molecule has 19 heavy (non-hydrogen) atoms. The van der Waals surface area contributed by atoms with E-state index in [4.69, 9.17) is 17.4 Å². The molecule has 102 valence electrons. The highest BCUT2D eigenvalue weighted by Gasteiger charge is 2.21. The van der Waals surface area contributed by atoms with Crippen molar-refractivity contribution in [2.45, 2.75) is 33.4 Å². The zero-order chi connectivity index (χ0) is 14.0. The number of rotatable bonds is 4. The third kappa shape index (κ3) is 2.81. The second kappa shape index (κ2) is 5.74. The summed E-state index contributed by atoms with van der Waals surface area (Å²) in [6.45, 7) is 6.93. The van der Waals surface area contributed by atoms with Gasteiger partial charge < -0.3 is 0 Å². The second-order valence-electron chi connectivity index (χ2n) is 4.71. The Labute approximate surface area is 118 Å². The highest BCUT2D eigenvalue weighted by Crippen LogP contribution is 2.28. The molecule has 0 spiro atoms. The van der Waals surface area contributed by atoms with Crippen LogP contribution in [0.3, 0.4) is 0 Å². The summed E-state index contributed by atoms with van der Waals surface area (Å²) < 4.78 is 1.87. The third-order valence-corrected chi connectivity index (χ3v) is 3.44. The van der Waals surface area contributed by atoms with E-state index in [1.165, 1.54) is 11.1 Å². The largest absolute Gasteiger partial charge is 0.271 e. The second-order valence-corrected chi connectivity index (χ2v) is 5.12. The van der Waals surface area contributed by atoms with Gasteiger partial charge >= 0.3 is 0 Å². The van der Waals surface area contributed by atoms with Crippen LogP contribution >= 0.6 is 11.6 Å². The van der Waals surface area contributed by atoms with Crippen molar-refractivity contribution in [3.63, 3.8) is 0 Å². The smallest absolute Gasteiger partial charge is 0.0893 e. The Bertz CT molecular complexity index is 557. The molecule has 0 aliphatic carbocycles. The molecule has 2 rings (SSSR count). The molecule has 0 saturated heterocycles. The van der Waals surface area contributed by atoms with Gasteiger partial charge in [0.25, 0.3) is 0 Å². The SMILES string of the molecule is CCn1ncc(Cl)c1C(NN)c1cc(C)cc(C)c1. The lowest BCUT2D eigenvalue weighted by Crippen LogP contribution is -2.31. The van der Waals surface area contributed by atoms with Crippen molar-refractivity contribution >= 4 is 11.6 Å². The number of halogens is 1. The first-order chi connectivity index (χ1) is 9.06. The molecule has 0 aliphatic rings. The molecule has 1 unspecified atom stereocenters. The maximum Gasteiger partial charge on any atom is 0.0893 e. The quantitative estimate of drug-likeness (QED) is 0.668. The lowest BCUT2D eigenvalue weighted by Gasteiger charge is -2.19. The summed E-state index contributed by atoms with van der Waals surface area (Å²) >= 11 is 6.25. The lowest BCUT2D eigenvalue weighted by molar-refractivity contribution is 0.543. The fourth-order valence-corrected chi connectivity index (χ4v) is 2.67. The van der Waals surface area contributed by atoms with E-state index in [1.54, 1.807) is 6.20 Å². The molecular formula is C14H19ClN4. The molecule has 0 bridgehead atoms. The molecular weight excluding hydrogens is 260 g/mol. The molecule has 3 N–H and O–H groups in total. The first kappa shape index (κ1) is 14.1. The Balaban J connectivity index is 2.52. The highest BCUT2D eigenvalue weighted by molar-refractivity contribution is 6.31. The molecule has 0 aliphatic heterocycles. The number of hydrogen-bond donors (Lipinski definition) is 2. The average molecular weight is 279 g/mol. The minimum Gasteiger partial charge on any atom is -0.271 e. The van der Waals surface area contributed by atoms with Gasteiger partial charge in [0.05, 0.1) is 23.0 Å². The van der Waals surface area contributed by atoms with Gasteiger partial charge in [-0.15, -0.1) is 0 Å². The van der Waals surface area contributed by atoms with Gasteiger partial charge in [0.2, 0.25) is 0 Å². The topological polar surface area (TPSA) is 55.9 Å². The molecule has 1 atom stereocenters. The normalized spacial score (nSPS) is 12.7. The minimum absolute atomic E-state index is 0.159. The number of hydrazine groups is 1. The van der Waals surface area contributed by atoms with Crippen LogP contribution in [0.5, 0.6) is 0 Å². The number of nitrogens with zero attached hydrogens (tertiary/aromatic N) is 2. The van der Waals surface area contributed by atoms with Crippen LogP contribution < -0.4 is 11.3 Å². The number of nitrogens with one attached hydrogen (secondary N) is 1. The van der Waals surface area contributed by atoms with Gasteiger partial charge in [0.1, 0.15) is 0 Å². The predicted molar refractivity (Wildman–Crippen MR) is 78.0 cm³/mol. The van der Waals surface area contributed by atoms with E-state index in [-0.39, 0.29) is 6.04 Å². The summed E-state index contributed by atoms with van der Waals surface area (Å²) in [5.74, 6) is 5.74. The molecule has 5 heteroatoms. The van der Waals surface area contributed by atoms with Crippen molar-refractivity contribution in [2.24, 2.45) is 5.84 Å². The first-order valence-corrected chi connectivity index (χ1v) is 6.70. The van der Waals surface area contributed by atoms with Crippen LogP contribution in [-0.4, -0.2) is 9.78 Å². The van der Waals surface area contributed by atoms with Crippen molar-refractivity contribution < 1.29 is 0 Å². The molecule has 0 fully saturated rings. The van der Waals surface area contributed by atoms with Crippen LogP contribution in [-0.2, 0) is 6.54 Å². The summed E-state index contributed by atoms with van der Waals surface area (Å²) in [5, 5.41) is 4.89. The Morgan fingerprint density at radius 2 is 1.95 bits per heavy atom. The van der Waals surface area contributed by atoms with Crippen LogP contribution in [0.15, 0.2) is 24.4 Å². The maximum atomic E-state index is 6.25. The Morgan fingerprint density at radius 1 is 1.32 bits per heavy atom. The monoisotopic (exact) mass is 278 g/mol. The zero-order valence-corrected chi connectivity index (χ0v) is 12.2. The molecule has 1 aromatic carbocycles. The van der Waals surface area contributed by atoms with Crippen molar-refractivity contribution in [3.8, 4) is 0 Å². The van der Waals surface area contributed by atoms with E-state index < -0.39 is 0 Å². The van der Waals surface area contributed by atoms with Crippen molar-refractivity contribution in [1.82, 2.24) is 15.2 Å². The standard InChI is InChI=1S/C14H19ClN4/c1-4-19-14(12(15)8-17-19)13(18-16)11-6-9(2)5-10(3)7-11/h5-8,13,18H,4,16H2,1-3H3. The highest BCUT2D eigenvalue weighted by atomic mass is 35.5. The average Bonchev–Trinajstić information content (AvgIpc) is 2.71. The summed E-state index contributed by atoms with van der Waals surface area (Å²) in [7, 11) is 0. The Morgan fingerprint density at radius 3 is 2.47 bits per heavy atom. The molecule has 0 amide bonds. The van der Waals surface area contributed by atoms with E-state index in [0.29, 0.717) is 5.02 Å². The molecule has 0 radical (unpaired) electrons. The first-order valence-electron chi connectivity index (χ1n) is 6.32. The van der Waals surface area contributed by atoms with E-state index >= 15 is 0 Å². The fourth-order valence-electron chi connectivity index (χ4n) is 2.42. The molecule has 4 nitrogen and oxygen atoms in total. The van der Waals surface area contributed by atoms with Gasteiger partial charge in [-0.2, -0.15) is 5.10 Å². The Kier molecular flexibility index (Phi) is 4.24. The minimum atomic E-state index is -0.159. The van der Waals surface area contributed by atoms with Gasteiger partial charge in [-0.1, -0.05) is 40.9 Å². The number of nitrogens with two attached hydrogens (primary N) is 1. The van der Waals surface area contributed by atoms with Crippen molar-refractivity contribution in [2.75, 3.05) is 0 Å². The van der Waals surface area contributed by atoms with E-state index in [9.17, 15) is 0 Å². The maximum absolute atomic E-state index is 6.25. The predicted octanol–water partition coefficient (Wildman–Crippen LogP) is 2.73. The summed E-state index contributed by atoms with van der Waals surface area (Å²) in [5.41, 5.74) is 7.25. The zero-order valence-electron chi connectivity index (χ0n) is 11.4. The molecule has 0 saturated carbocycles. The van der Waals surface area contributed by atoms with Gasteiger partial charge in [-0.25, -0.2) is 5.43 Å². The van der Waals surface area contributed by atoms with Crippen molar-refractivity contribution in [1.29, 1.82) is 0 Å². The van der Waals surface area contributed by atoms with Gasteiger partial charge in [0.15, 0.2) is 0 Å². The summed E-state index contributed by atoms with van der Waals surface area (Å²) in [6, 6.07) is 6.20. The van der Waals surface area contributed by atoms with Crippen LogP contribution in [0, 0.1) is 13.8 Å². The van der Waals surface area contributed by atoms with E-state index in [1.807, 2.05) is 11.6 Å². The number of benzene rings is 1. The summed E-state index contributed by atoms with van der Waals surface area (Å²) in [4.78, 5) is 0. The summed E-state index contributed by atoms with van der Waals surface area (Å²) in [6.07, 6.45) is 1.66. The van der Waals surface area contributed by atoms with Crippen LogP contribution in [0.2, 0.25) is 5.02 Å². The van der Waals surface area contributed by atoms with Gasteiger partial charge in [0, 0.05) is 6.54 Å². The van der Waals surface area contributed by atoms with Crippen LogP contribution in [0.25, 0.3) is 0 Å². The van der Waals surface area contributed by atoms with Gasteiger partial charge in [-0.05, 0) is 26.3 Å². The molecule has 1 heterocycles. The van der Waals surface area contributed by atoms with E-state index in [2.05, 4.69) is 42.6 Å². The van der Waals surface area contributed by atoms with Gasteiger partial charge in [-0.3, -0.25) is 10.5 Å². The fraction of sp³-hybridized carbons (Fsp3) is 0.357. The lowest BCUT2D eigenvalue weighted by atomic mass is 9.99. The number of aromatic nitrogens is 2. The number of aryl methyl sites for hydroxylation is 3. The van der Waals surface area contributed by atoms with Crippen LogP contribution in [0.4, 0.5) is 0 Å². The third-order valence-electron chi connectivity index (χ3n) is 3.15. The van der Waals surface area contributed by atoms with Crippen LogP contribution in [0.1, 0.15) is 35.3 Å².